The van der Waals surface area contributed by atoms with Gasteiger partial charge in [-0.05, 0) is 26.7 Å². The molecule has 62 valence electrons. The van der Waals surface area contributed by atoms with Crippen LogP contribution < -0.4 is 5.73 Å². The van der Waals surface area contributed by atoms with E-state index < -0.39 is 0 Å². The summed E-state index contributed by atoms with van der Waals surface area (Å²) in [5.74, 6) is 0. The molecule has 0 aromatic rings. The van der Waals surface area contributed by atoms with Crippen molar-refractivity contribution in [1.82, 2.24) is 0 Å². The molecule has 10 heavy (non-hydrogen) atoms. The van der Waals surface area contributed by atoms with E-state index in [2.05, 4.69) is 13.8 Å². The lowest BCUT2D eigenvalue weighted by atomic mass is 9.95. The van der Waals surface area contributed by atoms with E-state index in [1.165, 1.54) is 0 Å². The Kier molecular flexibility index (Phi) is 3.63. The first-order chi connectivity index (χ1) is 4.10. The molecule has 0 radical (unpaired) electrons. The number of nitrogens with two attached hydrogens (primary N) is 1. The fourth-order valence-corrected chi connectivity index (χ4v) is 1.28. The topological polar surface area (TPSA) is 35.2 Å². The molecule has 1 atom stereocenters. The van der Waals surface area contributed by atoms with Crippen molar-refractivity contribution >= 4 is 12.4 Å². The number of rotatable bonds is 0. The van der Waals surface area contributed by atoms with Gasteiger partial charge in [-0.3, -0.25) is 0 Å². The molecule has 0 aromatic heterocycles. The maximum Gasteiger partial charge on any atom is 0.0641 e. The van der Waals surface area contributed by atoms with Crippen molar-refractivity contribution in [1.29, 1.82) is 0 Å². The Morgan fingerprint density at radius 1 is 1.50 bits per heavy atom. The summed E-state index contributed by atoms with van der Waals surface area (Å²) in [6, 6.07) is 0.355. The SMILES string of the molecule is CC1(C)C[C@H](N)CCO1.Cl. The van der Waals surface area contributed by atoms with Gasteiger partial charge in [-0.25, -0.2) is 0 Å². The van der Waals surface area contributed by atoms with Gasteiger partial charge in [0, 0.05) is 12.6 Å². The molecule has 0 amide bonds. The molecule has 1 rings (SSSR count). The molecule has 0 aromatic carbocycles. The van der Waals surface area contributed by atoms with Gasteiger partial charge in [-0.2, -0.15) is 0 Å². The number of ether oxygens (including phenoxy) is 1. The molecular weight excluding hydrogens is 150 g/mol. The third-order valence-corrected chi connectivity index (χ3v) is 1.74. The zero-order valence-electron chi connectivity index (χ0n) is 6.59. The zero-order valence-corrected chi connectivity index (χ0v) is 7.41. The minimum absolute atomic E-state index is 0. The number of halogens is 1. The lowest BCUT2D eigenvalue weighted by Gasteiger charge is -2.33. The van der Waals surface area contributed by atoms with Crippen LogP contribution in [0.2, 0.25) is 0 Å². The van der Waals surface area contributed by atoms with Crippen molar-refractivity contribution in [3.63, 3.8) is 0 Å². The summed E-state index contributed by atoms with van der Waals surface area (Å²) >= 11 is 0. The fraction of sp³-hybridized carbons (Fsp3) is 1.00. The van der Waals surface area contributed by atoms with Gasteiger partial charge in [-0.15, -0.1) is 12.4 Å². The molecule has 0 saturated carbocycles. The van der Waals surface area contributed by atoms with Crippen LogP contribution in [-0.4, -0.2) is 18.2 Å². The summed E-state index contributed by atoms with van der Waals surface area (Å²) in [7, 11) is 0. The van der Waals surface area contributed by atoms with Crippen LogP contribution in [0, 0.1) is 0 Å². The van der Waals surface area contributed by atoms with Crippen LogP contribution in [0.1, 0.15) is 26.7 Å². The highest BCUT2D eigenvalue weighted by molar-refractivity contribution is 5.85. The van der Waals surface area contributed by atoms with Gasteiger partial charge in [0.1, 0.15) is 0 Å². The second kappa shape index (κ2) is 3.56. The van der Waals surface area contributed by atoms with Crippen LogP contribution in [0.15, 0.2) is 0 Å². The van der Waals surface area contributed by atoms with E-state index in [4.69, 9.17) is 10.5 Å². The normalized spacial score (nSPS) is 30.9. The van der Waals surface area contributed by atoms with E-state index in [0.717, 1.165) is 19.4 Å². The van der Waals surface area contributed by atoms with E-state index in [1.54, 1.807) is 0 Å². The first-order valence-electron chi connectivity index (χ1n) is 3.50. The van der Waals surface area contributed by atoms with Crippen LogP contribution in [0.25, 0.3) is 0 Å². The van der Waals surface area contributed by atoms with Crippen molar-refractivity contribution in [2.45, 2.75) is 38.3 Å². The average Bonchev–Trinajstić information content (AvgIpc) is 1.60. The second-order valence-corrected chi connectivity index (χ2v) is 3.36. The smallest absolute Gasteiger partial charge is 0.0641 e. The predicted molar refractivity (Wildman–Crippen MR) is 44.5 cm³/mol. The lowest BCUT2D eigenvalue weighted by molar-refractivity contribution is -0.0578. The largest absolute Gasteiger partial charge is 0.375 e. The average molecular weight is 166 g/mol. The highest BCUT2D eigenvalue weighted by Gasteiger charge is 2.26. The van der Waals surface area contributed by atoms with E-state index in [9.17, 15) is 0 Å². The maximum atomic E-state index is 5.73. The van der Waals surface area contributed by atoms with Crippen molar-refractivity contribution in [2.24, 2.45) is 5.73 Å². The van der Waals surface area contributed by atoms with Crippen molar-refractivity contribution in [3.05, 3.63) is 0 Å². The Hall–Kier alpha value is 0.210. The van der Waals surface area contributed by atoms with Crippen molar-refractivity contribution in [2.75, 3.05) is 6.61 Å². The van der Waals surface area contributed by atoms with Gasteiger partial charge in [0.25, 0.3) is 0 Å². The Morgan fingerprint density at radius 2 is 2.10 bits per heavy atom. The Labute approximate surface area is 68.5 Å². The standard InChI is InChI=1S/C7H15NO.ClH/c1-7(2)5-6(8)3-4-9-7;/h6H,3-5,8H2,1-2H3;1H/t6-;/m1./s1. The molecule has 0 spiro atoms. The van der Waals surface area contributed by atoms with E-state index in [-0.39, 0.29) is 18.0 Å². The Bertz CT molecular complexity index is 106. The molecule has 1 aliphatic heterocycles. The molecular formula is C7H16ClNO. The summed E-state index contributed by atoms with van der Waals surface area (Å²) < 4.78 is 5.46. The van der Waals surface area contributed by atoms with Gasteiger partial charge in [0.05, 0.1) is 5.60 Å². The highest BCUT2D eigenvalue weighted by atomic mass is 35.5. The Balaban J connectivity index is 0.000000810. The van der Waals surface area contributed by atoms with E-state index in [0.29, 0.717) is 6.04 Å². The number of hydrogen-bond donors (Lipinski definition) is 1. The molecule has 0 unspecified atom stereocenters. The summed E-state index contributed by atoms with van der Waals surface area (Å²) in [5, 5.41) is 0. The molecule has 1 heterocycles. The van der Waals surface area contributed by atoms with Gasteiger partial charge >= 0.3 is 0 Å². The van der Waals surface area contributed by atoms with Crippen LogP contribution >= 0.6 is 12.4 Å². The summed E-state index contributed by atoms with van der Waals surface area (Å²) in [6.45, 7) is 5.01. The minimum atomic E-state index is 0. The summed E-state index contributed by atoms with van der Waals surface area (Å²) in [6.07, 6.45) is 2.01. The minimum Gasteiger partial charge on any atom is -0.375 e. The van der Waals surface area contributed by atoms with Crippen LogP contribution in [0.3, 0.4) is 0 Å². The monoisotopic (exact) mass is 165 g/mol. The fourth-order valence-electron chi connectivity index (χ4n) is 1.28. The molecule has 3 heteroatoms. The van der Waals surface area contributed by atoms with Gasteiger partial charge in [0.2, 0.25) is 0 Å². The van der Waals surface area contributed by atoms with Gasteiger partial charge in [-0.1, -0.05) is 0 Å². The van der Waals surface area contributed by atoms with E-state index >= 15 is 0 Å². The zero-order chi connectivity index (χ0) is 6.91. The molecule has 0 bridgehead atoms. The number of hydrogen-bond acceptors (Lipinski definition) is 2. The van der Waals surface area contributed by atoms with E-state index in [1.807, 2.05) is 0 Å². The summed E-state index contributed by atoms with van der Waals surface area (Å²) in [4.78, 5) is 0. The maximum absolute atomic E-state index is 5.73. The molecule has 2 N–H and O–H groups in total. The van der Waals surface area contributed by atoms with Crippen molar-refractivity contribution < 1.29 is 4.74 Å². The highest BCUT2D eigenvalue weighted by Crippen LogP contribution is 2.22. The third kappa shape index (κ3) is 2.86. The van der Waals surface area contributed by atoms with Crippen molar-refractivity contribution in [3.8, 4) is 0 Å². The molecule has 2 nitrogen and oxygen atoms in total. The third-order valence-electron chi connectivity index (χ3n) is 1.74. The van der Waals surface area contributed by atoms with Crippen LogP contribution in [-0.2, 0) is 4.74 Å². The quantitative estimate of drug-likeness (QED) is 0.588. The summed E-state index contributed by atoms with van der Waals surface area (Å²) in [5.41, 5.74) is 5.76. The molecule has 1 saturated heterocycles. The first kappa shape index (κ1) is 10.2. The van der Waals surface area contributed by atoms with Gasteiger partial charge < -0.3 is 10.5 Å². The second-order valence-electron chi connectivity index (χ2n) is 3.36. The molecule has 0 aliphatic carbocycles. The Morgan fingerprint density at radius 3 is 2.40 bits per heavy atom. The van der Waals surface area contributed by atoms with Gasteiger partial charge in [0.15, 0.2) is 0 Å². The molecule has 1 fully saturated rings. The molecule has 1 aliphatic rings. The lowest BCUT2D eigenvalue weighted by Crippen LogP contribution is -2.40. The predicted octanol–water partition coefficient (Wildman–Crippen LogP) is 1.32. The van der Waals surface area contributed by atoms with Crippen LogP contribution in [0.5, 0.6) is 0 Å². The van der Waals surface area contributed by atoms with Crippen LogP contribution in [0.4, 0.5) is 0 Å². The first-order valence-corrected chi connectivity index (χ1v) is 3.50.